The molecule has 46 heavy (non-hydrogen) atoms. The molecule has 1 aliphatic carbocycles. The fourth-order valence-corrected chi connectivity index (χ4v) is 5.47. The third kappa shape index (κ3) is 6.18. The normalized spacial score (nSPS) is 17.5. The topological polar surface area (TPSA) is 116 Å². The van der Waals surface area contributed by atoms with Crippen LogP contribution in [-0.4, -0.2) is 32.3 Å². The number of alkyl halides is 5. The summed E-state index contributed by atoms with van der Waals surface area (Å²) in [5.74, 6) is -3.35. The molecular formula is C29H24F7N5O5. The van der Waals surface area contributed by atoms with Crippen LogP contribution in [0.5, 0.6) is 11.5 Å². The van der Waals surface area contributed by atoms with Gasteiger partial charge < -0.3 is 19.5 Å². The van der Waals surface area contributed by atoms with Gasteiger partial charge in [-0.25, -0.2) is 18.3 Å². The molecule has 2 N–H and O–H groups in total. The number of hydrogen-bond donors (Lipinski definition) is 2. The van der Waals surface area contributed by atoms with Crippen molar-refractivity contribution >= 4 is 11.3 Å². The summed E-state index contributed by atoms with van der Waals surface area (Å²) in [6.07, 6.45) is -9.26. The second-order valence-electron chi connectivity index (χ2n) is 10.8. The summed E-state index contributed by atoms with van der Waals surface area (Å²) in [4.78, 5) is 13.7. The summed E-state index contributed by atoms with van der Waals surface area (Å²) in [7, 11) is 0. The first kappa shape index (κ1) is 31.2. The molecule has 2 aliphatic rings. The summed E-state index contributed by atoms with van der Waals surface area (Å²) >= 11 is 0. The van der Waals surface area contributed by atoms with Crippen molar-refractivity contribution in [3.05, 3.63) is 87.4 Å². The van der Waals surface area contributed by atoms with Crippen LogP contribution in [0.15, 0.2) is 46.2 Å². The molecule has 2 aromatic heterocycles. The molecule has 0 radical (unpaired) electrons. The van der Waals surface area contributed by atoms with Gasteiger partial charge in [-0.05, 0) is 56.0 Å². The van der Waals surface area contributed by atoms with Gasteiger partial charge in [0.05, 0.1) is 23.2 Å². The maximum atomic E-state index is 14.9. The minimum atomic E-state index is -4.80. The third-order valence-electron chi connectivity index (χ3n) is 7.43. The van der Waals surface area contributed by atoms with Gasteiger partial charge in [-0.15, -0.1) is 8.78 Å². The zero-order valence-electron chi connectivity index (χ0n) is 23.8. The van der Waals surface area contributed by atoms with E-state index in [0.29, 0.717) is 24.5 Å². The largest absolute Gasteiger partial charge is 0.586 e. The van der Waals surface area contributed by atoms with Gasteiger partial charge in [-0.2, -0.15) is 18.3 Å². The van der Waals surface area contributed by atoms with Crippen LogP contribution in [0.4, 0.5) is 36.4 Å². The van der Waals surface area contributed by atoms with Gasteiger partial charge in [-0.1, -0.05) is 11.7 Å². The van der Waals surface area contributed by atoms with E-state index in [-0.39, 0.29) is 46.9 Å². The predicted molar refractivity (Wildman–Crippen MR) is 145 cm³/mol. The lowest BCUT2D eigenvalue weighted by molar-refractivity contribution is -0.286. The molecule has 0 amide bonds. The van der Waals surface area contributed by atoms with Crippen molar-refractivity contribution in [2.75, 3.05) is 5.32 Å². The first-order valence-electron chi connectivity index (χ1n) is 13.9. The van der Waals surface area contributed by atoms with Crippen molar-refractivity contribution in [1.82, 2.24) is 19.9 Å². The first-order valence-corrected chi connectivity index (χ1v) is 13.9. The van der Waals surface area contributed by atoms with Crippen LogP contribution >= 0.6 is 0 Å². The lowest BCUT2D eigenvalue weighted by atomic mass is 9.92. The highest BCUT2D eigenvalue weighted by Crippen LogP contribution is 2.44. The van der Waals surface area contributed by atoms with Crippen LogP contribution in [0.2, 0.25) is 0 Å². The molecule has 0 spiro atoms. The Labute approximate surface area is 254 Å². The van der Waals surface area contributed by atoms with Crippen molar-refractivity contribution in [3.63, 3.8) is 0 Å². The molecule has 17 heteroatoms. The van der Waals surface area contributed by atoms with Crippen LogP contribution in [0.3, 0.4) is 0 Å². The van der Waals surface area contributed by atoms with Crippen molar-refractivity contribution < 1.29 is 49.5 Å². The number of nitrogens with one attached hydrogen (secondary N) is 2. The molecule has 244 valence electrons. The highest BCUT2D eigenvalue weighted by atomic mass is 19.4. The summed E-state index contributed by atoms with van der Waals surface area (Å²) in [5, 5.41) is 10.1. The summed E-state index contributed by atoms with van der Waals surface area (Å²) in [6.45, 7) is 5.13. The van der Waals surface area contributed by atoms with E-state index >= 15 is 0 Å². The minimum absolute atomic E-state index is 0.0502. The number of hydrogen-bond acceptors (Lipinski definition) is 8. The number of fused-ring (bicyclic) bond motifs is 2. The standard InChI is InChI=1S/C29H24F7N5O5/c1-13(26-38-27(42)46-40-26)8-14(2)43-21-5-3-4-17-24(21)41(39-25(17)28(32,33)34)16-6-7-18(30)20(10-16)37-12-15-9-22-23(11-19(15)31)45-29(35,36)44-22/h6-7,9-11,14,21,37H,1,3-5,8,12H2,2H3,(H,38,40,42). The molecule has 10 nitrogen and oxygen atoms in total. The van der Waals surface area contributed by atoms with E-state index in [2.05, 4.69) is 41.1 Å². The Kier molecular flexibility index (Phi) is 7.82. The lowest BCUT2D eigenvalue weighted by Gasteiger charge is -2.28. The second-order valence-corrected chi connectivity index (χ2v) is 10.8. The van der Waals surface area contributed by atoms with E-state index in [9.17, 15) is 35.5 Å². The van der Waals surface area contributed by atoms with Crippen LogP contribution < -0.4 is 20.5 Å². The van der Waals surface area contributed by atoms with Crippen molar-refractivity contribution in [3.8, 4) is 17.2 Å². The van der Waals surface area contributed by atoms with E-state index in [1.807, 2.05) is 0 Å². The quantitative estimate of drug-likeness (QED) is 0.192. The number of ether oxygens (including phenoxy) is 3. The fraction of sp³-hybridized carbons (Fsp3) is 0.345. The van der Waals surface area contributed by atoms with Gasteiger partial charge in [0, 0.05) is 30.2 Å². The number of benzene rings is 2. The Morgan fingerprint density at radius 1 is 1.20 bits per heavy atom. The number of rotatable bonds is 9. The molecule has 6 rings (SSSR count). The van der Waals surface area contributed by atoms with Gasteiger partial charge >= 0.3 is 18.2 Å². The highest BCUT2D eigenvalue weighted by molar-refractivity contribution is 5.57. The number of anilines is 1. The Morgan fingerprint density at radius 2 is 1.93 bits per heavy atom. The number of halogens is 7. The average molecular weight is 656 g/mol. The first-order chi connectivity index (χ1) is 21.7. The minimum Gasteiger partial charge on any atom is -0.395 e. The van der Waals surface area contributed by atoms with Gasteiger partial charge in [-0.3, -0.25) is 9.51 Å². The van der Waals surface area contributed by atoms with E-state index in [1.54, 1.807) is 6.92 Å². The zero-order valence-corrected chi connectivity index (χ0v) is 23.8. The van der Waals surface area contributed by atoms with Crippen LogP contribution in [0, 0.1) is 11.6 Å². The monoisotopic (exact) mass is 655 g/mol. The smallest absolute Gasteiger partial charge is 0.395 e. The van der Waals surface area contributed by atoms with Gasteiger partial charge in [0.15, 0.2) is 23.0 Å². The summed E-state index contributed by atoms with van der Waals surface area (Å²) < 4.78 is 119. The SMILES string of the molecule is C=C(CC(C)OC1CCCc2c(C(F)(F)F)nn(-c3ccc(F)c(NCc4cc5c(cc4F)OC(F)(F)O5)c3)c21)c1noc(=O)[nH]1. The Bertz CT molecular complexity index is 1870. The zero-order chi connectivity index (χ0) is 33.0. The van der Waals surface area contributed by atoms with Gasteiger partial charge in [0.2, 0.25) is 0 Å². The van der Waals surface area contributed by atoms with Gasteiger partial charge in [0.1, 0.15) is 17.7 Å². The van der Waals surface area contributed by atoms with E-state index in [4.69, 9.17) is 4.74 Å². The van der Waals surface area contributed by atoms with Gasteiger partial charge in [0.25, 0.3) is 0 Å². The molecule has 2 unspecified atom stereocenters. The van der Waals surface area contributed by atoms with E-state index in [0.717, 1.165) is 16.8 Å². The molecular weight excluding hydrogens is 631 g/mol. The second kappa shape index (κ2) is 11.5. The maximum Gasteiger partial charge on any atom is 0.586 e. The van der Waals surface area contributed by atoms with Crippen molar-refractivity contribution in [2.45, 2.75) is 63.8 Å². The van der Waals surface area contributed by atoms with E-state index in [1.165, 1.54) is 12.1 Å². The molecule has 0 bridgehead atoms. The van der Waals surface area contributed by atoms with Crippen LogP contribution in [-0.2, 0) is 23.9 Å². The van der Waals surface area contributed by atoms with E-state index < -0.39 is 65.8 Å². The molecule has 1 aliphatic heterocycles. The summed E-state index contributed by atoms with van der Waals surface area (Å²) in [6, 6.07) is 5.10. The molecule has 2 atom stereocenters. The summed E-state index contributed by atoms with van der Waals surface area (Å²) in [5.41, 5.74) is -1.00. The number of H-pyrrole nitrogens is 1. The Hall–Kier alpha value is -4.80. The molecule has 0 saturated carbocycles. The number of nitrogens with zero attached hydrogens (tertiary/aromatic N) is 3. The molecule has 2 aromatic carbocycles. The average Bonchev–Trinajstić information content (AvgIpc) is 3.66. The Morgan fingerprint density at radius 3 is 2.63 bits per heavy atom. The maximum absolute atomic E-state index is 14.9. The molecule has 3 heterocycles. The number of aromatic amines is 1. The van der Waals surface area contributed by atoms with Crippen LogP contribution in [0.25, 0.3) is 11.3 Å². The number of aromatic nitrogens is 4. The third-order valence-corrected chi connectivity index (χ3v) is 7.43. The molecule has 4 aromatic rings. The molecule has 0 saturated heterocycles. The van der Waals surface area contributed by atoms with Crippen molar-refractivity contribution in [2.24, 2.45) is 0 Å². The predicted octanol–water partition coefficient (Wildman–Crippen LogP) is 6.67. The Balaban J connectivity index is 1.28. The highest BCUT2D eigenvalue weighted by Gasteiger charge is 2.44. The van der Waals surface area contributed by atoms with Crippen molar-refractivity contribution in [1.29, 1.82) is 0 Å². The fourth-order valence-electron chi connectivity index (χ4n) is 5.47. The molecule has 0 fully saturated rings. The lowest BCUT2D eigenvalue weighted by Crippen LogP contribution is -2.25. The van der Waals surface area contributed by atoms with Crippen LogP contribution in [0.1, 0.15) is 60.6 Å².